The van der Waals surface area contributed by atoms with E-state index in [-0.39, 0.29) is 18.3 Å². The number of thiazole rings is 1. The summed E-state index contributed by atoms with van der Waals surface area (Å²) in [7, 11) is 0. The Morgan fingerprint density at radius 2 is 2.07 bits per heavy atom. The molecule has 4 aromatic rings. The molecule has 0 aliphatic rings. The van der Waals surface area contributed by atoms with Gasteiger partial charge in [0.05, 0.1) is 0 Å². The minimum atomic E-state index is -0.322. The Kier molecular flexibility index (Phi) is 4.60. The molecule has 0 fully saturated rings. The van der Waals surface area contributed by atoms with Crippen molar-refractivity contribution in [3.63, 3.8) is 0 Å². The van der Waals surface area contributed by atoms with Crippen LogP contribution in [0, 0.1) is 12.7 Å². The van der Waals surface area contributed by atoms with Crippen molar-refractivity contribution in [3.8, 4) is 17.0 Å². The van der Waals surface area contributed by atoms with E-state index in [9.17, 15) is 9.18 Å². The van der Waals surface area contributed by atoms with Crippen molar-refractivity contribution in [1.82, 2.24) is 9.38 Å². The van der Waals surface area contributed by atoms with Crippen molar-refractivity contribution in [3.05, 3.63) is 71.5 Å². The number of hydrogen-bond acceptors (Lipinski definition) is 4. The van der Waals surface area contributed by atoms with E-state index in [1.54, 1.807) is 22.6 Å². The normalized spacial score (nSPS) is 10.9. The fraction of sp³-hybridized carbons (Fsp3) is 0.100. The van der Waals surface area contributed by atoms with Crippen molar-refractivity contribution in [2.75, 3.05) is 11.9 Å². The van der Waals surface area contributed by atoms with Crippen LogP contribution in [0.15, 0.2) is 60.1 Å². The number of ether oxygens (including phenoxy) is 1. The van der Waals surface area contributed by atoms with E-state index in [1.165, 1.54) is 23.5 Å². The van der Waals surface area contributed by atoms with E-state index in [0.29, 0.717) is 17.3 Å². The minimum Gasteiger partial charge on any atom is -0.484 e. The minimum absolute atomic E-state index is 0.121. The number of halogens is 1. The molecule has 0 aliphatic heterocycles. The molecule has 2 aromatic heterocycles. The van der Waals surface area contributed by atoms with Gasteiger partial charge in [0.2, 0.25) is 0 Å². The Morgan fingerprint density at radius 3 is 2.85 bits per heavy atom. The van der Waals surface area contributed by atoms with Crippen LogP contribution in [0.3, 0.4) is 0 Å². The number of benzene rings is 2. The Bertz CT molecular complexity index is 1100. The van der Waals surface area contributed by atoms with Crippen LogP contribution in [-0.2, 0) is 4.79 Å². The largest absolute Gasteiger partial charge is 0.484 e. The lowest BCUT2D eigenvalue weighted by Gasteiger charge is -2.09. The van der Waals surface area contributed by atoms with Gasteiger partial charge in [-0.3, -0.25) is 9.20 Å². The first-order chi connectivity index (χ1) is 13.1. The third kappa shape index (κ3) is 3.68. The summed E-state index contributed by atoms with van der Waals surface area (Å²) in [6.45, 7) is 1.84. The first-order valence-electron chi connectivity index (χ1n) is 8.31. The monoisotopic (exact) mass is 381 g/mol. The fourth-order valence-corrected chi connectivity index (χ4v) is 3.45. The summed E-state index contributed by atoms with van der Waals surface area (Å²) in [6.07, 6.45) is 1.83. The summed E-state index contributed by atoms with van der Waals surface area (Å²) in [5.74, 6) is 0.554. The van der Waals surface area contributed by atoms with E-state index in [4.69, 9.17) is 4.74 Å². The molecule has 2 heterocycles. The zero-order valence-corrected chi connectivity index (χ0v) is 15.3. The molecule has 0 radical (unpaired) electrons. The van der Waals surface area contributed by atoms with Crippen molar-refractivity contribution < 1.29 is 13.9 Å². The van der Waals surface area contributed by atoms with E-state index >= 15 is 0 Å². The molecule has 5 nitrogen and oxygen atoms in total. The number of aryl methyl sites for hydroxylation is 1. The summed E-state index contributed by atoms with van der Waals surface area (Å²) in [5.41, 5.74) is 2.37. The van der Waals surface area contributed by atoms with Crippen LogP contribution in [0.4, 0.5) is 10.2 Å². The predicted octanol–water partition coefficient (Wildman–Crippen LogP) is 4.53. The van der Waals surface area contributed by atoms with Crippen LogP contribution >= 0.6 is 11.3 Å². The highest BCUT2D eigenvalue weighted by molar-refractivity contribution is 7.15. The van der Waals surface area contributed by atoms with Gasteiger partial charge in [0.15, 0.2) is 11.6 Å². The molecular formula is C20H16FN3O2S. The molecule has 4 rings (SSSR count). The first-order valence-corrected chi connectivity index (χ1v) is 9.19. The Morgan fingerprint density at radius 1 is 1.26 bits per heavy atom. The highest BCUT2D eigenvalue weighted by Gasteiger charge is 2.17. The Labute approximate surface area is 159 Å². The third-order valence-corrected chi connectivity index (χ3v) is 4.75. The summed E-state index contributed by atoms with van der Waals surface area (Å²) in [5, 5.41) is 4.75. The topological polar surface area (TPSA) is 55.6 Å². The van der Waals surface area contributed by atoms with Crippen LogP contribution in [0.2, 0.25) is 0 Å². The number of nitrogens with one attached hydrogen (secondary N) is 1. The van der Waals surface area contributed by atoms with E-state index < -0.39 is 0 Å². The molecule has 0 atom stereocenters. The van der Waals surface area contributed by atoms with E-state index in [0.717, 1.165) is 16.1 Å². The zero-order valence-electron chi connectivity index (χ0n) is 14.5. The van der Waals surface area contributed by atoms with Gasteiger partial charge in [-0.1, -0.05) is 12.1 Å². The average molecular weight is 381 g/mol. The van der Waals surface area contributed by atoms with Crippen LogP contribution in [0.25, 0.3) is 16.2 Å². The van der Waals surface area contributed by atoms with Crippen molar-refractivity contribution in [1.29, 1.82) is 0 Å². The number of aromatic nitrogens is 2. The molecule has 0 bridgehead atoms. The highest BCUT2D eigenvalue weighted by Crippen LogP contribution is 2.30. The summed E-state index contributed by atoms with van der Waals surface area (Å²) in [6, 6.07) is 13.5. The predicted molar refractivity (Wildman–Crippen MR) is 104 cm³/mol. The molecule has 7 heteroatoms. The number of anilines is 1. The Balaban J connectivity index is 1.57. The average Bonchev–Trinajstić information content (AvgIpc) is 3.24. The fourth-order valence-electron chi connectivity index (χ4n) is 2.74. The molecule has 0 aliphatic carbocycles. The molecule has 27 heavy (non-hydrogen) atoms. The van der Waals surface area contributed by atoms with Crippen LogP contribution < -0.4 is 10.1 Å². The number of imidazole rings is 1. The van der Waals surface area contributed by atoms with Gasteiger partial charge in [-0.15, -0.1) is 11.3 Å². The van der Waals surface area contributed by atoms with E-state index in [1.807, 2.05) is 36.7 Å². The molecular weight excluding hydrogens is 365 g/mol. The van der Waals surface area contributed by atoms with Gasteiger partial charge < -0.3 is 10.1 Å². The highest BCUT2D eigenvalue weighted by atomic mass is 32.1. The first kappa shape index (κ1) is 17.2. The molecule has 0 saturated carbocycles. The second-order valence-electron chi connectivity index (χ2n) is 6.02. The third-order valence-electron chi connectivity index (χ3n) is 4.00. The lowest BCUT2D eigenvalue weighted by atomic mass is 10.1. The number of nitrogens with zero attached hydrogens (tertiary/aromatic N) is 2. The van der Waals surface area contributed by atoms with Gasteiger partial charge in [0.1, 0.15) is 23.1 Å². The maximum absolute atomic E-state index is 13.2. The number of rotatable bonds is 5. The molecule has 0 saturated heterocycles. The summed E-state index contributed by atoms with van der Waals surface area (Å²) >= 11 is 1.45. The molecule has 0 unspecified atom stereocenters. The van der Waals surface area contributed by atoms with Gasteiger partial charge in [0.25, 0.3) is 5.91 Å². The zero-order chi connectivity index (χ0) is 18.8. The second kappa shape index (κ2) is 7.20. The maximum atomic E-state index is 13.2. The number of hydrogen-bond donors (Lipinski definition) is 1. The van der Waals surface area contributed by atoms with Gasteiger partial charge in [-0.2, -0.15) is 0 Å². The lowest BCUT2D eigenvalue weighted by molar-refractivity contribution is -0.118. The van der Waals surface area contributed by atoms with Gasteiger partial charge in [-0.05, 0) is 48.9 Å². The summed E-state index contributed by atoms with van der Waals surface area (Å²) in [4.78, 5) is 17.7. The van der Waals surface area contributed by atoms with Crippen molar-refractivity contribution in [2.24, 2.45) is 0 Å². The van der Waals surface area contributed by atoms with Crippen LogP contribution in [-0.4, -0.2) is 21.9 Å². The maximum Gasteiger partial charge on any atom is 0.263 e. The Hall–Kier alpha value is -3.19. The van der Waals surface area contributed by atoms with Gasteiger partial charge in [-0.25, -0.2) is 9.37 Å². The number of carbonyl (C=O) groups is 1. The smallest absolute Gasteiger partial charge is 0.263 e. The van der Waals surface area contributed by atoms with E-state index in [2.05, 4.69) is 10.3 Å². The number of carbonyl (C=O) groups excluding carboxylic acids is 1. The molecule has 2 aromatic carbocycles. The molecule has 1 amide bonds. The molecule has 136 valence electrons. The lowest BCUT2D eigenvalue weighted by Crippen LogP contribution is -2.21. The standard InChI is InChI=1S/C20H16FN3O2S/c1-13-3-2-4-16(11-13)26-12-17(25)22-19-18(14-5-7-15(21)8-6-14)23-20-24(19)9-10-27-20/h2-11H,12H2,1H3,(H,22,25). The van der Waals surface area contributed by atoms with Crippen LogP contribution in [0.5, 0.6) is 5.75 Å². The van der Waals surface area contributed by atoms with Gasteiger partial charge >= 0.3 is 0 Å². The van der Waals surface area contributed by atoms with Crippen LogP contribution in [0.1, 0.15) is 5.56 Å². The SMILES string of the molecule is Cc1cccc(OCC(=O)Nc2c(-c3ccc(F)cc3)nc3sccn23)c1. The van der Waals surface area contributed by atoms with Crippen molar-refractivity contribution in [2.45, 2.75) is 6.92 Å². The quantitative estimate of drug-likeness (QED) is 0.553. The van der Waals surface area contributed by atoms with Gasteiger partial charge in [0, 0.05) is 17.1 Å². The second-order valence-corrected chi connectivity index (χ2v) is 6.90. The molecule has 0 spiro atoms. The molecule has 1 N–H and O–H groups in total. The number of amides is 1. The van der Waals surface area contributed by atoms with Crippen molar-refractivity contribution >= 4 is 28.0 Å². The number of fused-ring (bicyclic) bond motifs is 1. The summed E-state index contributed by atoms with van der Waals surface area (Å²) < 4.78 is 20.6.